The van der Waals surface area contributed by atoms with Gasteiger partial charge in [0.2, 0.25) is 5.91 Å². The fraction of sp³-hybridized carbons (Fsp3) is 0.909. The van der Waals surface area contributed by atoms with E-state index in [2.05, 4.69) is 5.32 Å². The molecule has 0 bridgehead atoms. The highest BCUT2D eigenvalue weighted by Crippen LogP contribution is 2.19. The van der Waals surface area contributed by atoms with Gasteiger partial charge in [-0.15, -0.1) is 0 Å². The van der Waals surface area contributed by atoms with Crippen molar-refractivity contribution in [1.82, 2.24) is 5.32 Å². The minimum Gasteiger partial charge on any atom is -0.381 e. The molecule has 1 amide bonds. The highest BCUT2D eigenvalue weighted by Gasteiger charge is 2.38. The summed E-state index contributed by atoms with van der Waals surface area (Å²) in [6.45, 7) is 4.13. The van der Waals surface area contributed by atoms with Crippen LogP contribution in [-0.4, -0.2) is 50.6 Å². The molecule has 0 atom stereocenters. The zero-order valence-corrected chi connectivity index (χ0v) is 12.0. The number of carbonyl (C=O) groups excluding carboxylic acids is 1. The Hall–Kier alpha value is -0.660. The maximum Gasteiger partial charge on any atom is 0.240 e. The van der Waals surface area contributed by atoms with E-state index in [4.69, 9.17) is 10.5 Å². The molecule has 0 saturated carbocycles. The monoisotopic (exact) mass is 278 g/mol. The summed E-state index contributed by atoms with van der Waals surface area (Å²) in [5.41, 5.74) is 5.06. The number of nitrogens with two attached hydrogens (primary N) is 1. The summed E-state index contributed by atoms with van der Waals surface area (Å²) in [5, 5.41) is 2.64. The molecular weight excluding hydrogens is 256 g/mol. The van der Waals surface area contributed by atoms with Gasteiger partial charge < -0.3 is 15.8 Å². The lowest BCUT2D eigenvalue weighted by atomic mass is 9.90. The molecule has 0 aliphatic carbocycles. The summed E-state index contributed by atoms with van der Waals surface area (Å²) >= 11 is 0. The lowest BCUT2D eigenvalue weighted by Gasteiger charge is -2.33. The number of sulfone groups is 1. The number of amides is 1. The Morgan fingerprint density at radius 1 is 1.39 bits per heavy atom. The van der Waals surface area contributed by atoms with Gasteiger partial charge >= 0.3 is 0 Å². The minimum atomic E-state index is -3.23. The molecule has 0 aromatic rings. The lowest BCUT2D eigenvalue weighted by molar-refractivity contribution is -0.129. The van der Waals surface area contributed by atoms with E-state index in [1.54, 1.807) is 13.8 Å². The number of nitrogens with one attached hydrogen (secondary N) is 1. The summed E-state index contributed by atoms with van der Waals surface area (Å²) in [6, 6.07) is 0. The molecule has 18 heavy (non-hydrogen) atoms. The van der Waals surface area contributed by atoms with E-state index in [0.29, 0.717) is 26.1 Å². The van der Waals surface area contributed by atoms with Crippen LogP contribution >= 0.6 is 0 Å². The van der Waals surface area contributed by atoms with Gasteiger partial charge in [-0.1, -0.05) is 0 Å². The van der Waals surface area contributed by atoms with Gasteiger partial charge in [-0.25, -0.2) is 8.42 Å². The fourth-order valence-electron chi connectivity index (χ4n) is 1.56. The summed E-state index contributed by atoms with van der Waals surface area (Å²) < 4.78 is 27.2. The van der Waals surface area contributed by atoms with Gasteiger partial charge in [0.15, 0.2) is 9.84 Å². The van der Waals surface area contributed by atoms with Crippen LogP contribution in [0.15, 0.2) is 0 Å². The van der Waals surface area contributed by atoms with Crippen LogP contribution in [0.25, 0.3) is 0 Å². The summed E-state index contributed by atoms with van der Waals surface area (Å²) in [5.74, 6) is -0.303. The van der Waals surface area contributed by atoms with E-state index >= 15 is 0 Å². The van der Waals surface area contributed by atoms with E-state index in [-0.39, 0.29) is 12.5 Å². The third-order valence-electron chi connectivity index (χ3n) is 3.52. The van der Waals surface area contributed by atoms with E-state index in [1.807, 2.05) is 0 Å². The second-order valence-corrected chi connectivity index (χ2v) is 8.13. The quantitative estimate of drug-likeness (QED) is 0.718. The molecule has 1 saturated heterocycles. The number of rotatable bonds is 4. The summed E-state index contributed by atoms with van der Waals surface area (Å²) in [7, 11) is -3.23. The Morgan fingerprint density at radius 3 is 2.33 bits per heavy atom. The smallest absolute Gasteiger partial charge is 0.240 e. The molecule has 1 fully saturated rings. The molecule has 3 N–H and O–H groups in total. The van der Waals surface area contributed by atoms with Gasteiger partial charge in [0.1, 0.15) is 0 Å². The van der Waals surface area contributed by atoms with Crippen LogP contribution in [0.3, 0.4) is 0 Å². The third-order valence-corrected chi connectivity index (χ3v) is 5.67. The largest absolute Gasteiger partial charge is 0.381 e. The van der Waals surface area contributed by atoms with Crippen molar-refractivity contribution in [3.8, 4) is 0 Å². The van der Waals surface area contributed by atoms with Gasteiger partial charge in [0, 0.05) is 26.0 Å². The van der Waals surface area contributed by atoms with Crippen molar-refractivity contribution < 1.29 is 17.9 Å². The molecule has 106 valence electrons. The first-order valence-electron chi connectivity index (χ1n) is 5.93. The van der Waals surface area contributed by atoms with Gasteiger partial charge in [0.05, 0.1) is 10.3 Å². The van der Waals surface area contributed by atoms with Crippen LogP contribution in [0, 0.1) is 0 Å². The molecule has 1 rings (SSSR count). The van der Waals surface area contributed by atoms with Gasteiger partial charge in [0.25, 0.3) is 0 Å². The first kappa shape index (κ1) is 15.4. The van der Waals surface area contributed by atoms with Crippen LogP contribution in [0.2, 0.25) is 0 Å². The molecular formula is C11H22N2O4S. The lowest BCUT2D eigenvalue weighted by Crippen LogP contribution is -2.59. The minimum absolute atomic E-state index is 0.0600. The van der Waals surface area contributed by atoms with E-state index in [9.17, 15) is 13.2 Å². The average Bonchev–Trinajstić information content (AvgIpc) is 2.25. The van der Waals surface area contributed by atoms with Crippen molar-refractivity contribution >= 4 is 15.7 Å². The highest BCUT2D eigenvalue weighted by atomic mass is 32.2. The maximum absolute atomic E-state index is 12.0. The average molecular weight is 278 g/mol. The molecule has 0 radical (unpaired) electrons. The topological polar surface area (TPSA) is 98.5 Å². The molecule has 1 aliphatic heterocycles. The molecule has 0 aromatic heterocycles. The third kappa shape index (κ3) is 3.43. The summed E-state index contributed by atoms with van der Waals surface area (Å²) in [4.78, 5) is 12.0. The second-order valence-electron chi connectivity index (χ2n) is 5.48. The maximum atomic E-state index is 12.0. The van der Waals surface area contributed by atoms with Gasteiger partial charge in [-0.3, -0.25) is 4.79 Å². The molecule has 0 unspecified atom stereocenters. The van der Waals surface area contributed by atoms with Crippen molar-refractivity contribution in [3.05, 3.63) is 0 Å². The fourth-order valence-corrected chi connectivity index (χ4v) is 1.90. The Kier molecular flexibility index (Phi) is 4.40. The Balaban J connectivity index is 2.61. The SMILES string of the molecule is CC(C)(CNC(=O)C1(N)CCOCC1)S(C)(=O)=O. The van der Waals surface area contributed by atoms with Crippen molar-refractivity contribution in [2.75, 3.05) is 26.0 Å². The summed E-state index contributed by atoms with van der Waals surface area (Å²) in [6.07, 6.45) is 2.07. The first-order valence-corrected chi connectivity index (χ1v) is 7.82. The van der Waals surface area contributed by atoms with Crippen molar-refractivity contribution in [3.63, 3.8) is 0 Å². The van der Waals surface area contributed by atoms with Gasteiger partial charge in [-0.05, 0) is 26.7 Å². The van der Waals surface area contributed by atoms with Crippen molar-refractivity contribution in [2.24, 2.45) is 5.73 Å². The molecule has 7 heteroatoms. The van der Waals surface area contributed by atoms with Crippen LogP contribution in [0.5, 0.6) is 0 Å². The van der Waals surface area contributed by atoms with Crippen LogP contribution in [0.1, 0.15) is 26.7 Å². The second kappa shape index (κ2) is 5.14. The van der Waals surface area contributed by atoms with E-state index in [0.717, 1.165) is 6.26 Å². The van der Waals surface area contributed by atoms with E-state index in [1.165, 1.54) is 0 Å². The standard InChI is InChI=1S/C11H22N2O4S/c1-10(2,18(3,15)16)8-13-9(14)11(12)4-6-17-7-5-11/h4-8,12H2,1-3H3,(H,13,14). The van der Waals surface area contributed by atoms with Crippen LogP contribution in [0.4, 0.5) is 0 Å². The van der Waals surface area contributed by atoms with Crippen LogP contribution in [-0.2, 0) is 19.4 Å². The van der Waals surface area contributed by atoms with Crippen molar-refractivity contribution in [1.29, 1.82) is 0 Å². The molecule has 1 aliphatic rings. The molecule has 0 spiro atoms. The first-order chi connectivity index (χ1) is 8.08. The Labute approximate surface area is 108 Å². The zero-order chi connectivity index (χ0) is 14.0. The number of hydrogen-bond donors (Lipinski definition) is 2. The molecule has 0 aromatic carbocycles. The van der Waals surface area contributed by atoms with Gasteiger partial charge in [-0.2, -0.15) is 0 Å². The number of hydrogen-bond acceptors (Lipinski definition) is 5. The Bertz CT molecular complexity index is 411. The van der Waals surface area contributed by atoms with Crippen LogP contribution < -0.4 is 11.1 Å². The normalized spacial score (nSPS) is 20.4. The zero-order valence-electron chi connectivity index (χ0n) is 11.2. The number of carbonyl (C=O) groups is 1. The molecule has 1 heterocycles. The Morgan fingerprint density at radius 2 is 1.89 bits per heavy atom. The predicted molar refractivity (Wildman–Crippen MR) is 68.9 cm³/mol. The predicted octanol–water partition coefficient (Wildman–Crippen LogP) is -0.566. The molecule has 6 nitrogen and oxygen atoms in total. The number of ether oxygens (including phenoxy) is 1. The van der Waals surface area contributed by atoms with Crippen molar-refractivity contribution in [2.45, 2.75) is 37.0 Å². The highest BCUT2D eigenvalue weighted by molar-refractivity contribution is 7.92. The van der Waals surface area contributed by atoms with E-state index < -0.39 is 20.1 Å².